The van der Waals surface area contributed by atoms with Gasteiger partial charge >= 0.3 is 12.3 Å². The maximum Gasteiger partial charge on any atom is 0.419 e. The summed E-state index contributed by atoms with van der Waals surface area (Å²) in [5, 5.41) is 3.86. The highest BCUT2D eigenvalue weighted by molar-refractivity contribution is 5.69. The number of benzene rings is 1. The van der Waals surface area contributed by atoms with Gasteiger partial charge in [-0.25, -0.2) is 4.79 Å². The first-order chi connectivity index (χ1) is 16.0. The summed E-state index contributed by atoms with van der Waals surface area (Å²) in [6.07, 6.45) is -2.56. The molecule has 0 saturated carbocycles. The number of carbonyl (C=O) groups excluding carboxylic acids is 1. The molecule has 1 atom stereocenters. The van der Waals surface area contributed by atoms with Gasteiger partial charge in [0.2, 0.25) is 11.7 Å². The van der Waals surface area contributed by atoms with Crippen molar-refractivity contribution in [1.29, 1.82) is 0 Å². The molecule has 34 heavy (non-hydrogen) atoms. The largest absolute Gasteiger partial charge is 0.493 e. The number of unbranched alkanes of at least 4 members (excludes halogenated alkanes) is 1. The Morgan fingerprint density at radius 3 is 2.62 bits per heavy atom. The first kappa shape index (κ1) is 25.8. The second kappa shape index (κ2) is 10.6. The van der Waals surface area contributed by atoms with Crippen LogP contribution < -0.4 is 4.74 Å². The number of halogens is 3. The van der Waals surface area contributed by atoms with Crippen LogP contribution in [0.3, 0.4) is 0 Å². The van der Waals surface area contributed by atoms with Crippen molar-refractivity contribution in [3.8, 4) is 17.1 Å². The summed E-state index contributed by atoms with van der Waals surface area (Å²) in [5.41, 5.74) is -1.44. The Balaban J connectivity index is 1.78. The second-order valence-electron chi connectivity index (χ2n) is 9.05. The van der Waals surface area contributed by atoms with E-state index in [2.05, 4.69) is 10.1 Å². The van der Waals surface area contributed by atoms with Crippen LogP contribution in [-0.4, -0.2) is 53.6 Å². The van der Waals surface area contributed by atoms with E-state index in [0.717, 1.165) is 12.5 Å². The van der Waals surface area contributed by atoms with Crippen molar-refractivity contribution in [2.75, 3.05) is 26.9 Å². The van der Waals surface area contributed by atoms with Gasteiger partial charge in [0.15, 0.2) is 0 Å². The third-order valence-corrected chi connectivity index (χ3v) is 5.15. The molecule has 1 fully saturated rings. The minimum atomic E-state index is -4.62. The minimum Gasteiger partial charge on any atom is -0.493 e. The molecule has 0 spiro atoms. The van der Waals surface area contributed by atoms with Gasteiger partial charge in [0.1, 0.15) is 17.4 Å². The second-order valence-corrected chi connectivity index (χ2v) is 9.05. The molecule has 0 N–H and O–H groups in total. The maximum absolute atomic E-state index is 13.7. The zero-order chi connectivity index (χ0) is 24.9. The number of nitrogens with zero attached hydrogens (tertiary/aromatic N) is 3. The zero-order valence-corrected chi connectivity index (χ0v) is 19.8. The SMILES string of the molecule is COCCCCOc1ccc(-c2noc([C@@H]3CCCN3C(=O)OC(C)(C)C)n2)cc1C(F)(F)F. The highest BCUT2D eigenvalue weighted by atomic mass is 19.4. The van der Waals surface area contributed by atoms with Crippen LogP contribution in [0.1, 0.15) is 64.0 Å². The van der Waals surface area contributed by atoms with Gasteiger partial charge < -0.3 is 18.7 Å². The Hall–Kier alpha value is -2.82. The molecule has 188 valence electrons. The van der Waals surface area contributed by atoms with Gasteiger partial charge in [-0.05, 0) is 64.7 Å². The van der Waals surface area contributed by atoms with E-state index in [1.165, 1.54) is 17.0 Å². The molecule has 1 aliphatic rings. The average Bonchev–Trinajstić information content (AvgIpc) is 3.41. The number of alkyl halides is 3. The molecule has 3 rings (SSSR count). The van der Waals surface area contributed by atoms with Crippen LogP contribution in [0.2, 0.25) is 0 Å². The van der Waals surface area contributed by atoms with E-state index in [4.69, 9.17) is 18.7 Å². The van der Waals surface area contributed by atoms with Crippen molar-refractivity contribution in [1.82, 2.24) is 15.0 Å². The van der Waals surface area contributed by atoms with Crippen LogP contribution in [0.5, 0.6) is 5.75 Å². The topological polar surface area (TPSA) is 86.9 Å². The molecule has 1 aliphatic heterocycles. The van der Waals surface area contributed by atoms with Crippen LogP contribution in [0.25, 0.3) is 11.4 Å². The van der Waals surface area contributed by atoms with E-state index in [9.17, 15) is 18.0 Å². The fourth-order valence-electron chi connectivity index (χ4n) is 3.60. The van der Waals surface area contributed by atoms with Crippen LogP contribution in [0, 0.1) is 0 Å². The molecule has 0 aliphatic carbocycles. The summed E-state index contributed by atoms with van der Waals surface area (Å²) in [7, 11) is 1.56. The summed E-state index contributed by atoms with van der Waals surface area (Å²) in [5.74, 6) is -0.0992. The number of hydrogen-bond donors (Lipinski definition) is 0. The number of likely N-dealkylation sites (tertiary alicyclic amines) is 1. The predicted octanol–water partition coefficient (Wildman–Crippen LogP) is 5.63. The number of amides is 1. The number of aromatic nitrogens is 2. The van der Waals surface area contributed by atoms with Crippen molar-refractivity contribution in [2.45, 2.75) is 64.3 Å². The van der Waals surface area contributed by atoms with Crippen LogP contribution in [0.15, 0.2) is 22.7 Å². The summed E-state index contributed by atoms with van der Waals surface area (Å²) >= 11 is 0. The van der Waals surface area contributed by atoms with Crippen molar-refractivity contribution < 1.29 is 36.7 Å². The lowest BCUT2D eigenvalue weighted by Gasteiger charge is -2.26. The lowest BCUT2D eigenvalue weighted by atomic mass is 10.1. The molecule has 8 nitrogen and oxygen atoms in total. The Labute approximate surface area is 196 Å². The van der Waals surface area contributed by atoms with Crippen molar-refractivity contribution in [3.63, 3.8) is 0 Å². The molecule has 2 heterocycles. The average molecular weight is 486 g/mol. The normalized spacial score (nSPS) is 16.7. The number of hydrogen-bond acceptors (Lipinski definition) is 7. The summed E-state index contributed by atoms with van der Waals surface area (Å²) < 4.78 is 62.1. The van der Waals surface area contributed by atoms with Gasteiger partial charge in [-0.2, -0.15) is 18.2 Å². The molecule has 11 heteroatoms. The van der Waals surface area contributed by atoms with E-state index in [1.54, 1.807) is 27.9 Å². The van der Waals surface area contributed by atoms with Gasteiger partial charge in [-0.1, -0.05) is 5.16 Å². The van der Waals surface area contributed by atoms with Gasteiger partial charge in [0.25, 0.3) is 0 Å². The molecule has 0 unspecified atom stereocenters. The van der Waals surface area contributed by atoms with Crippen molar-refractivity contribution in [3.05, 3.63) is 29.7 Å². The van der Waals surface area contributed by atoms with E-state index < -0.39 is 29.5 Å². The molecule has 2 aromatic rings. The lowest BCUT2D eigenvalue weighted by molar-refractivity contribution is -0.138. The standard InChI is InChI=1S/C23H30F3N3O5/c1-22(2,3)33-21(30)29-11-7-8-17(29)20-27-19(28-34-20)15-9-10-18(16(14-15)23(24,25)26)32-13-6-5-12-31-4/h9-10,14,17H,5-8,11-13H2,1-4H3/t17-/m0/s1. The number of methoxy groups -OCH3 is 1. The van der Waals surface area contributed by atoms with E-state index in [0.29, 0.717) is 32.4 Å². The third-order valence-electron chi connectivity index (χ3n) is 5.15. The molecule has 1 saturated heterocycles. The summed E-state index contributed by atoms with van der Waals surface area (Å²) in [6.45, 7) is 6.43. The molecular weight excluding hydrogens is 455 g/mol. The van der Waals surface area contributed by atoms with Gasteiger partial charge in [0, 0.05) is 25.8 Å². The van der Waals surface area contributed by atoms with Crippen molar-refractivity contribution in [2.24, 2.45) is 0 Å². The third kappa shape index (κ3) is 6.62. The summed E-state index contributed by atoms with van der Waals surface area (Å²) in [4.78, 5) is 18.3. The van der Waals surface area contributed by atoms with Crippen molar-refractivity contribution >= 4 is 6.09 Å². The predicted molar refractivity (Wildman–Crippen MR) is 116 cm³/mol. The maximum atomic E-state index is 13.7. The van der Waals surface area contributed by atoms with Crippen LogP contribution in [0.4, 0.5) is 18.0 Å². The Morgan fingerprint density at radius 1 is 1.21 bits per heavy atom. The number of ether oxygens (including phenoxy) is 3. The van der Waals surface area contributed by atoms with Crippen LogP contribution >= 0.6 is 0 Å². The first-order valence-electron chi connectivity index (χ1n) is 11.2. The molecule has 0 bridgehead atoms. The molecule has 1 aromatic heterocycles. The quantitative estimate of drug-likeness (QED) is 0.448. The zero-order valence-electron chi connectivity index (χ0n) is 19.8. The molecule has 1 amide bonds. The Kier molecular flexibility index (Phi) is 8.06. The highest BCUT2D eigenvalue weighted by Crippen LogP contribution is 2.39. The first-order valence-corrected chi connectivity index (χ1v) is 11.2. The Bertz CT molecular complexity index is 971. The molecule has 1 aromatic carbocycles. The van der Waals surface area contributed by atoms with E-state index in [1.807, 2.05) is 0 Å². The monoisotopic (exact) mass is 485 g/mol. The van der Waals surface area contributed by atoms with E-state index in [-0.39, 0.29) is 29.6 Å². The van der Waals surface area contributed by atoms with Gasteiger partial charge in [0.05, 0.1) is 12.2 Å². The fraction of sp³-hybridized carbons (Fsp3) is 0.609. The number of rotatable bonds is 8. The fourth-order valence-corrected chi connectivity index (χ4v) is 3.60. The van der Waals surface area contributed by atoms with Gasteiger partial charge in [-0.3, -0.25) is 4.90 Å². The highest BCUT2D eigenvalue weighted by Gasteiger charge is 2.38. The number of carbonyl (C=O) groups is 1. The Morgan fingerprint density at radius 2 is 1.94 bits per heavy atom. The molecular formula is C23H30F3N3O5. The van der Waals surface area contributed by atoms with E-state index >= 15 is 0 Å². The minimum absolute atomic E-state index is 0.00295. The lowest BCUT2D eigenvalue weighted by Crippen LogP contribution is -2.36. The smallest absolute Gasteiger partial charge is 0.419 e. The van der Waals surface area contributed by atoms with Gasteiger partial charge in [-0.15, -0.1) is 0 Å². The van der Waals surface area contributed by atoms with Crippen LogP contribution in [-0.2, 0) is 15.7 Å². The molecule has 0 radical (unpaired) electrons. The summed E-state index contributed by atoms with van der Waals surface area (Å²) in [6, 6.07) is 3.16.